The fourth-order valence-electron chi connectivity index (χ4n) is 3.84. The van der Waals surface area contributed by atoms with Crippen molar-refractivity contribution in [1.82, 2.24) is 9.29 Å². The van der Waals surface area contributed by atoms with Gasteiger partial charge in [-0.3, -0.25) is 0 Å². The summed E-state index contributed by atoms with van der Waals surface area (Å²) in [7, 11) is -3.16. The van der Waals surface area contributed by atoms with E-state index in [0.29, 0.717) is 37.1 Å². The van der Waals surface area contributed by atoms with Crippen LogP contribution in [0.25, 0.3) is 0 Å². The lowest BCUT2D eigenvalue weighted by Crippen LogP contribution is -2.38. The second kappa shape index (κ2) is 5.64. The molecular weight excluding hydrogens is 300 g/mol. The Balaban J connectivity index is 1.47. The quantitative estimate of drug-likeness (QED) is 0.854. The summed E-state index contributed by atoms with van der Waals surface area (Å²) in [5, 5.41) is 0. The monoisotopic (exact) mass is 324 g/mol. The number of nitrogens with zero attached hydrogens (tertiary/aromatic N) is 2. The average molecular weight is 324 g/mol. The van der Waals surface area contributed by atoms with Gasteiger partial charge < -0.3 is 4.42 Å². The Morgan fingerprint density at radius 3 is 2.59 bits per heavy atom. The summed E-state index contributed by atoms with van der Waals surface area (Å²) in [6.07, 6.45) is 8.71. The number of sulfonamides is 1. The minimum absolute atomic E-state index is 0.315. The molecule has 1 aliphatic heterocycles. The third kappa shape index (κ3) is 2.71. The lowest BCUT2D eigenvalue weighted by atomic mass is 9.85. The Morgan fingerprint density at radius 2 is 1.91 bits per heavy atom. The van der Waals surface area contributed by atoms with Gasteiger partial charge in [-0.1, -0.05) is 19.3 Å². The van der Waals surface area contributed by atoms with E-state index in [-0.39, 0.29) is 0 Å². The van der Waals surface area contributed by atoms with Gasteiger partial charge in [0.2, 0.25) is 10.0 Å². The van der Waals surface area contributed by atoms with Crippen LogP contribution in [0.1, 0.15) is 68.2 Å². The Bertz CT molecular complexity index is 642. The highest BCUT2D eigenvalue weighted by Crippen LogP contribution is 2.37. The summed E-state index contributed by atoms with van der Waals surface area (Å²) in [4.78, 5) is 4.60. The largest absolute Gasteiger partial charge is 0.445 e. The molecule has 2 heterocycles. The van der Waals surface area contributed by atoms with Gasteiger partial charge in [-0.25, -0.2) is 13.4 Å². The normalized spacial score (nSPS) is 24.4. The Kier molecular flexibility index (Phi) is 3.77. The Morgan fingerprint density at radius 1 is 1.14 bits per heavy atom. The van der Waals surface area contributed by atoms with Gasteiger partial charge >= 0.3 is 0 Å². The molecule has 0 radical (unpaired) electrons. The number of rotatable bonds is 4. The lowest BCUT2D eigenvalue weighted by molar-refractivity contribution is 0.314. The van der Waals surface area contributed by atoms with Crippen LogP contribution in [0.3, 0.4) is 0 Å². The molecule has 4 rings (SSSR count). The summed E-state index contributed by atoms with van der Waals surface area (Å²) in [6.45, 7) is 0.946. The van der Waals surface area contributed by atoms with Gasteiger partial charge in [-0.15, -0.1) is 0 Å². The van der Waals surface area contributed by atoms with Crippen LogP contribution < -0.4 is 0 Å². The molecule has 22 heavy (non-hydrogen) atoms. The fourth-order valence-corrected chi connectivity index (χ4v) is 5.67. The maximum atomic E-state index is 12.6. The van der Waals surface area contributed by atoms with Crippen LogP contribution in [0, 0.1) is 5.92 Å². The van der Waals surface area contributed by atoms with E-state index in [1.165, 1.54) is 19.3 Å². The summed E-state index contributed by atoms with van der Waals surface area (Å²) in [5.41, 5.74) is 0.850. The Labute approximate surface area is 132 Å². The van der Waals surface area contributed by atoms with E-state index in [4.69, 9.17) is 4.42 Å². The van der Waals surface area contributed by atoms with Crippen molar-refractivity contribution in [2.24, 2.45) is 5.92 Å². The first-order valence-corrected chi connectivity index (χ1v) is 10.2. The molecule has 0 aromatic carbocycles. The highest BCUT2D eigenvalue weighted by Gasteiger charge is 2.34. The second-order valence-electron chi connectivity index (χ2n) is 7.06. The molecule has 0 amide bonds. The maximum Gasteiger partial charge on any atom is 0.214 e. The van der Waals surface area contributed by atoms with Gasteiger partial charge in [0.25, 0.3) is 0 Å². The van der Waals surface area contributed by atoms with Crippen molar-refractivity contribution in [1.29, 1.82) is 0 Å². The van der Waals surface area contributed by atoms with E-state index in [1.54, 1.807) is 4.31 Å². The molecular formula is C16H24N2O3S. The zero-order chi connectivity index (χ0) is 15.2. The second-order valence-corrected chi connectivity index (χ2v) is 9.08. The van der Waals surface area contributed by atoms with Crippen molar-refractivity contribution in [3.05, 3.63) is 17.3 Å². The topological polar surface area (TPSA) is 63.4 Å². The predicted octanol–water partition coefficient (Wildman–Crippen LogP) is 2.82. The van der Waals surface area contributed by atoms with E-state index in [9.17, 15) is 8.42 Å². The lowest BCUT2D eigenvalue weighted by Gasteiger charge is -2.25. The minimum atomic E-state index is -3.16. The summed E-state index contributed by atoms with van der Waals surface area (Å²) < 4.78 is 32.8. The van der Waals surface area contributed by atoms with Crippen LogP contribution in [-0.4, -0.2) is 30.0 Å². The molecule has 0 spiro atoms. The third-order valence-electron chi connectivity index (χ3n) is 5.48. The van der Waals surface area contributed by atoms with Gasteiger partial charge in [0, 0.05) is 18.9 Å². The molecule has 0 unspecified atom stereocenters. The molecule has 2 fully saturated rings. The SMILES string of the molecule is O=S(=O)(CC1CCCC1)N1CCc2oc(C3CCC3)nc2C1. The van der Waals surface area contributed by atoms with Crippen LogP contribution in [-0.2, 0) is 23.0 Å². The molecule has 0 bridgehead atoms. The van der Waals surface area contributed by atoms with Crippen molar-refractivity contribution in [3.63, 3.8) is 0 Å². The maximum absolute atomic E-state index is 12.6. The molecule has 2 aliphatic carbocycles. The summed E-state index contributed by atoms with van der Waals surface area (Å²) in [6, 6.07) is 0. The van der Waals surface area contributed by atoms with E-state index in [2.05, 4.69) is 4.98 Å². The molecule has 0 N–H and O–H groups in total. The molecule has 1 aromatic heterocycles. The average Bonchev–Trinajstić information content (AvgIpc) is 3.04. The smallest absolute Gasteiger partial charge is 0.214 e. The van der Waals surface area contributed by atoms with E-state index in [0.717, 1.165) is 43.0 Å². The van der Waals surface area contributed by atoms with Crippen molar-refractivity contribution in [2.75, 3.05) is 12.3 Å². The summed E-state index contributed by atoms with van der Waals surface area (Å²) in [5.74, 6) is 2.89. The number of hydrogen-bond acceptors (Lipinski definition) is 4. The molecule has 122 valence electrons. The van der Waals surface area contributed by atoms with Crippen LogP contribution >= 0.6 is 0 Å². The van der Waals surface area contributed by atoms with Crippen LogP contribution in [0.5, 0.6) is 0 Å². The number of oxazole rings is 1. The van der Waals surface area contributed by atoms with E-state index >= 15 is 0 Å². The molecule has 0 atom stereocenters. The molecule has 1 aromatic rings. The van der Waals surface area contributed by atoms with Crippen molar-refractivity contribution >= 4 is 10.0 Å². The molecule has 5 nitrogen and oxygen atoms in total. The standard InChI is InChI=1S/C16H24N2O3S/c19-22(20,11-12-4-1-2-5-12)18-9-8-15-14(10-18)17-16(21-15)13-6-3-7-13/h12-13H,1-11H2. The number of aromatic nitrogens is 1. The van der Waals surface area contributed by atoms with Crippen molar-refractivity contribution in [3.8, 4) is 0 Å². The molecule has 2 saturated carbocycles. The number of fused-ring (bicyclic) bond motifs is 1. The molecule has 3 aliphatic rings. The molecule has 0 saturated heterocycles. The first-order valence-electron chi connectivity index (χ1n) is 8.58. The highest BCUT2D eigenvalue weighted by molar-refractivity contribution is 7.89. The zero-order valence-corrected chi connectivity index (χ0v) is 13.8. The van der Waals surface area contributed by atoms with Crippen LogP contribution in [0.4, 0.5) is 0 Å². The van der Waals surface area contributed by atoms with Gasteiger partial charge in [-0.05, 0) is 31.6 Å². The Hall–Kier alpha value is -0.880. The van der Waals surface area contributed by atoms with Crippen molar-refractivity contribution in [2.45, 2.75) is 63.8 Å². The predicted molar refractivity (Wildman–Crippen MR) is 83.0 cm³/mol. The van der Waals surface area contributed by atoms with Crippen molar-refractivity contribution < 1.29 is 12.8 Å². The fraction of sp³-hybridized carbons (Fsp3) is 0.812. The minimum Gasteiger partial charge on any atom is -0.445 e. The zero-order valence-electron chi connectivity index (χ0n) is 13.0. The van der Waals surface area contributed by atoms with Gasteiger partial charge in [0.05, 0.1) is 18.0 Å². The first-order chi connectivity index (χ1) is 10.6. The van der Waals surface area contributed by atoms with Crippen LogP contribution in [0.2, 0.25) is 0 Å². The van der Waals surface area contributed by atoms with Gasteiger partial charge in [0.1, 0.15) is 5.76 Å². The highest BCUT2D eigenvalue weighted by atomic mass is 32.2. The first kappa shape index (κ1) is 14.7. The van der Waals surface area contributed by atoms with Gasteiger partial charge in [0.15, 0.2) is 5.89 Å². The summed E-state index contributed by atoms with van der Waals surface area (Å²) >= 11 is 0. The number of hydrogen-bond donors (Lipinski definition) is 0. The van der Waals surface area contributed by atoms with Crippen LogP contribution in [0.15, 0.2) is 4.42 Å². The third-order valence-corrected chi connectivity index (χ3v) is 7.47. The van der Waals surface area contributed by atoms with E-state index in [1.807, 2.05) is 0 Å². The molecule has 6 heteroatoms. The van der Waals surface area contributed by atoms with Gasteiger partial charge in [-0.2, -0.15) is 4.31 Å². The van der Waals surface area contributed by atoms with E-state index < -0.39 is 10.0 Å².